The number of carbonyl (C=O) groups excluding carboxylic acids is 2. The molecule has 1 heterocycles. The molecule has 0 amide bonds. The molecule has 8 nitrogen and oxygen atoms in total. The number of ketones is 1. The van der Waals surface area contributed by atoms with E-state index in [1.807, 2.05) is 0 Å². The van der Waals surface area contributed by atoms with Gasteiger partial charge >= 0.3 is 5.97 Å². The fourth-order valence-corrected chi connectivity index (χ4v) is 3.14. The molecule has 1 aromatic heterocycles. The Morgan fingerprint density at radius 2 is 1.37 bits per heavy atom. The number of carbonyl (C=O) groups is 2. The fraction of sp³-hybridized carbons (Fsp3) is 0.227. The van der Waals surface area contributed by atoms with Crippen LogP contribution in [0.3, 0.4) is 0 Å². The van der Waals surface area contributed by atoms with Gasteiger partial charge < -0.3 is 23.7 Å². The molecule has 0 bridgehead atoms. The molecule has 3 aromatic rings. The topological polar surface area (TPSA) is 93.2 Å². The molecule has 0 fully saturated rings. The van der Waals surface area contributed by atoms with Crippen molar-refractivity contribution in [1.29, 1.82) is 0 Å². The molecule has 0 unspecified atom stereocenters. The number of pyridine rings is 1. The van der Waals surface area contributed by atoms with Crippen LogP contribution in [0, 0.1) is 0 Å². The zero-order valence-electron chi connectivity index (χ0n) is 17.3. The highest BCUT2D eigenvalue weighted by molar-refractivity contribution is 6.18. The minimum absolute atomic E-state index is 0.0378. The van der Waals surface area contributed by atoms with E-state index in [0.29, 0.717) is 45.0 Å². The maximum absolute atomic E-state index is 13.4. The van der Waals surface area contributed by atoms with Crippen molar-refractivity contribution in [2.24, 2.45) is 0 Å². The van der Waals surface area contributed by atoms with E-state index in [4.69, 9.17) is 23.7 Å². The van der Waals surface area contributed by atoms with Crippen LogP contribution in [0.25, 0.3) is 10.9 Å². The smallest absolute Gasteiger partial charge is 0.356 e. The molecule has 0 radical (unpaired) electrons. The van der Waals surface area contributed by atoms with Crippen molar-refractivity contribution in [3.8, 4) is 23.0 Å². The predicted octanol–water partition coefficient (Wildman–Crippen LogP) is 3.29. The summed E-state index contributed by atoms with van der Waals surface area (Å²) in [7, 11) is 7.19. The summed E-state index contributed by atoms with van der Waals surface area (Å²) in [6, 6.07) is 9.57. The van der Waals surface area contributed by atoms with Crippen molar-refractivity contribution >= 4 is 22.7 Å². The monoisotopic (exact) mass is 411 g/mol. The highest BCUT2D eigenvalue weighted by Crippen LogP contribution is 2.36. The predicted molar refractivity (Wildman–Crippen MR) is 109 cm³/mol. The molecule has 8 heteroatoms. The van der Waals surface area contributed by atoms with Crippen LogP contribution in [0.1, 0.15) is 26.4 Å². The molecule has 156 valence electrons. The van der Waals surface area contributed by atoms with Crippen molar-refractivity contribution in [3.63, 3.8) is 0 Å². The first kappa shape index (κ1) is 20.9. The third-order valence-electron chi connectivity index (χ3n) is 4.61. The lowest BCUT2D eigenvalue weighted by Gasteiger charge is -2.14. The van der Waals surface area contributed by atoms with E-state index in [-0.39, 0.29) is 11.5 Å². The number of ether oxygens (including phenoxy) is 5. The molecule has 0 saturated heterocycles. The first-order valence-electron chi connectivity index (χ1n) is 8.89. The van der Waals surface area contributed by atoms with E-state index < -0.39 is 5.97 Å². The number of rotatable bonds is 7. The molecule has 30 heavy (non-hydrogen) atoms. The van der Waals surface area contributed by atoms with Gasteiger partial charge in [0.15, 0.2) is 23.0 Å². The molecule has 0 spiro atoms. The largest absolute Gasteiger partial charge is 0.496 e. The van der Waals surface area contributed by atoms with E-state index in [0.717, 1.165) is 0 Å². The summed E-state index contributed by atoms with van der Waals surface area (Å²) >= 11 is 0. The number of hydrogen-bond acceptors (Lipinski definition) is 8. The molecular formula is C22H21NO7. The zero-order chi connectivity index (χ0) is 21.8. The fourth-order valence-electron chi connectivity index (χ4n) is 3.14. The molecule has 0 N–H and O–H groups in total. The van der Waals surface area contributed by atoms with Gasteiger partial charge in [-0.15, -0.1) is 0 Å². The van der Waals surface area contributed by atoms with E-state index in [1.165, 1.54) is 41.6 Å². The van der Waals surface area contributed by atoms with Gasteiger partial charge in [0, 0.05) is 17.2 Å². The SMILES string of the molecule is COC(=O)c1cc(OC)c2c(C(=O)c3ccc(OC)c(OC)c3)ccc(OC)c2n1. The molecule has 2 aromatic carbocycles. The van der Waals surface area contributed by atoms with E-state index >= 15 is 0 Å². The van der Waals surface area contributed by atoms with Crippen LogP contribution in [0.15, 0.2) is 36.4 Å². The number of benzene rings is 2. The van der Waals surface area contributed by atoms with Gasteiger partial charge in [0.25, 0.3) is 0 Å². The van der Waals surface area contributed by atoms with Crippen LogP contribution in [-0.2, 0) is 4.74 Å². The van der Waals surface area contributed by atoms with Crippen LogP contribution in [0.4, 0.5) is 0 Å². The normalized spacial score (nSPS) is 10.4. The van der Waals surface area contributed by atoms with Crippen molar-refractivity contribution in [2.75, 3.05) is 35.5 Å². The maximum atomic E-state index is 13.4. The van der Waals surface area contributed by atoms with Crippen molar-refractivity contribution in [3.05, 3.63) is 53.2 Å². The Morgan fingerprint density at radius 1 is 0.733 bits per heavy atom. The van der Waals surface area contributed by atoms with Crippen molar-refractivity contribution in [2.45, 2.75) is 0 Å². The average molecular weight is 411 g/mol. The first-order valence-corrected chi connectivity index (χ1v) is 8.89. The van der Waals surface area contributed by atoms with E-state index in [9.17, 15) is 9.59 Å². The lowest BCUT2D eigenvalue weighted by Crippen LogP contribution is -2.09. The van der Waals surface area contributed by atoms with Gasteiger partial charge in [0.05, 0.1) is 40.9 Å². The summed E-state index contributed by atoms with van der Waals surface area (Å²) in [6.45, 7) is 0. The quantitative estimate of drug-likeness (QED) is 0.432. The van der Waals surface area contributed by atoms with E-state index in [2.05, 4.69) is 4.98 Å². The summed E-state index contributed by atoms with van der Waals surface area (Å²) in [4.78, 5) is 29.7. The van der Waals surface area contributed by atoms with Gasteiger partial charge in [-0.25, -0.2) is 9.78 Å². The second kappa shape index (κ2) is 8.69. The minimum atomic E-state index is -0.631. The lowest BCUT2D eigenvalue weighted by atomic mass is 9.97. The number of aromatic nitrogens is 1. The average Bonchev–Trinajstić information content (AvgIpc) is 2.80. The Balaban J connectivity index is 2.26. The van der Waals surface area contributed by atoms with Crippen LogP contribution >= 0.6 is 0 Å². The van der Waals surface area contributed by atoms with Gasteiger partial charge in [0.1, 0.15) is 17.0 Å². The number of esters is 1. The molecule has 0 atom stereocenters. The Bertz CT molecular complexity index is 1120. The Kier molecular flexibility index (Phi) is 6.06. The first-order chi connectivity index (χ1) is 14.5. The summed E-state index contributed by atoms with van der Waals surface area (Å²) in [5, 5.41) is 0.421. The van der Waals surface area contributed by atoms with Crippen LogP contribution < -0.4 is 18.9 Å². The second-order valence-electron chi connectivity index (χ2n) is 6.14. The van der Waals surface area contributed by atoms with Crippen LogP contribution in [0.2, 0.25) is 0 Å². The molecule has 3 rings (SSSR count). The standard InChI is InChI=1S/C22H21NO7/c1-26-15-8-6-12(10-17(15)28-3)21(24)13-7-9-16(27-2)20-19(13)18(29-4)11-14(23-20)22(25)30-5/h6-11H,1-5H3. The van der Waals surface area contributed by atoms with Crippen molar-refractivity contribution in [1.82, 2.24) is 4.98 Å². The summed E-state index contributed by atoms with van der Waals surface area (Å²) in [6.07, 6.45) is 0. The van der Waals surface area contributed by atoms with Gasteiger partial charge in [-0.1, -0.05) is 0 Å². The number of hydrogen-bond donors (Lipinski definition) is 0. The number of fused-ring (bicyclic) bond motifs is 1. The minimum Gasteiger partial charge on any atom is -0.496 e. The summed E-state index contributed by atoms with van der Waals surface area (Å²) in [5.41, 5.74) is 1.07. The second-order valence-corrected chi connectivity index (χ2v) is 6.14. The Hall–Kier alpha value is -3.81. The Morgan fingerprint density at radius 3 is 1.97 bits per heavy atom. The van der Waals surface area contributed by atoms with Gasteiger partial charge in [-0.05, 0) is 30.3 Å². The highest BCUT2D eigenvalue weighted by atomic mass is 16.5. The summed E-state index contributed by atoms with van der Waals surface area (Å²) in [5.74, 6) is 0.708. The summed E-state index contributed by atoms with van der Waals surface area (Å²) < 4.78 is 26.2. The van der Waals surface area contributed by atoms with E-state index in [1.54, 1.807) is 30.3 Å². The lowest BCUT2D eigenvalue weighted by molar-refractivity contribution is 0.0594. The molecule has 0 aliphatic carbocycles. The molecule has 0 aliphatic rings. The van der Waals surface area contributed by atoms with Crippen molar-refractivity contribution < 1.29 is 33.3 Å². The number of methoxy groups -OCH3 is 5. The third-order valence-corrected chi connectivity index (χ3v) is 4.61. The van der Waals surface area contributed by atoms with Crippen LogP contribution in [0.5, 0.6) is 23.0 Å². The Labute approximate surface area is 173 Å². The molecular weight excluding hydrogens is 390 g/mol. The van der Waals surface area contributed by atoms with Crippen LogP contribution in [-0.4, -0.2) is 52.3 Å². The molecule has 0 aliphatic heterocycles. The maximum Gasteiger partial charge on any atom is 0.356 e. The third kappa shape index (κ3) is 3.59. The van der Waals surface area contributed by atoms with Gasteiger partial charge in [-0.2, -0.15) is 0 Å². The molecule has 0 saturated carbocycles. The highest BCUT2D eigenvalue weighted by Gasteiger charge is 2.23. The zero-order valence-corrected chi connectivity index (χ0v) is 17.3. The number of nitrogens with zero attached hydrogens (tertiary/aromatic N) is 1. The van der Waals surface area contributed by atoms with Gasteiger partial charge in [0.2, 0.25) is 0 Å². The van der Waals surface area contributed by atoms with Gasteiger partial charge in [-0.3, -0.25) is 4.79 Å².